The van der Waals surface area contributed by atoms with Gasteiger partial charge in [0.05, 0.1) is 11.9 Å². The molecule has 0 saturated heterocycles. The van der Waals surface area contributed by atoms with E-state index in [0.29, 0.717) is 16.4 Å². The lowest BCUT2D eigenvalue weighted by atomic mass is 10.1. The monoisotopic (exact) mass is 338 g/mol. The summed E-state index contributed by atoms with van der Waals surface area (Å²) in [6, 6.07) is 16.7. The fraction of sp³-hybridized carbons (Fsp3) is 0.0556. The maximum Gasteiger partial charge on any atom is 0.289 e. The number of halogens is 1. The van der Waals surface area contributed by atoms with Crippen LogP contribution in [0.1, 0.15) is 21.6 Å². The zero-order valence-corrected chi connectivity index (χ0v) is 13.7. The third-order valence-electron chi connectivity index (χ3n) is 3.42. The van der Waals surface area contributed by atoms with Gasteiger partial charge in [-0.05, 0) is 30.7 Å². The van der Waals surface area contributed by atoms with Crippen molar-refractivity contribution in [2.24, 2.45) is 5.10 Å². The Hall–Kier alpha value is -2.92. The molecular weight excluding hydrogens is 324 g/mol. The van der Waals surface area contributed by atoms with Gasteiger partial charge in [-0.3, -0.25) is 9.89 Å². The van der Waals surface area contributed by atoms with Gasteiger partial charge in [0.2, 0.25) is 0 Å². The maximum atomic E-state index is 12.1. The number of nitrogens with one attached hydrogen (secondary N) is 2. The molecule has 0 unspecified atom stereocenters. The smallest absolute Gasteiger partial charge is 0.272 e. The summed E-state index contributed by atoms with van der Waals surface area (Å²) in [5.74, 6) is -0.355. The number of rotatable bonds is 4. The van der Waals surface area contributed by atoms with E-state index in [4.69, 9.17) is 11.6 Å². The lowest BCUT2D eigenvalue weighted by Crippen LogP contribution is -2.17. The Morgan fingerprint density at radius 2 is 1.88 bits per heavy atom. The van der Waals surface area contributed by atoms with Gasteiger partial charge in [0.15, 0.2) is 0 Å². The fourth-order valence-corrected chi connectivity index (χ4v) is 2.21. The largest absolute Gasteiger partial charge is 0.289 e. The molecule has 0 radical (unpaired) electrons. The third-order valence-corrected chi connectivity index (χ3v) is 3.67. The molecular formula is C18H15ClN4O. The van der Waals surface area contributed by atoms with Gasteiger partial charge < -0.3 is 0 Å². The summed E-state index contributed by atoms with van der Waals surface area (Å²) in [4.78, 5) is 12.1. The Labute approximate surface area is 144 Å². The third kappa shape index (κ3) is 3.88. The molecule has 0 bridgehead atoms. The second kappa shape index (κ2) is 7.10. The molecule has 24 heavy (non-hydrogen) atoms. The number of carbonyl (C=O) groups excluding carboxylic acids is 1. The Kier molecular flexibility index (Phi) is 4.72. The van der Waals surface area contributed by atoms with Gasteiger partial charge >= 0.3 is 0 Å². The van der Waals surface area contributed by atoms with E-state index in [1.54, 1.807) is 24.4 Å². The quantitative estimate of drug-likeness (QED) is 0.561. The van der Waals surface area contributed by atoms with E-state index in [9.17, 15) is 4.79 Å². The molecule has 1 amide bonds. The van der Waals surface area contributed by atoms with Crippen LogP contribution in [0, 0.1) is 6.92 Å². The van der Waals surface area contributed by atoms with Gasteiger partial charge in [-0.1, -0.05) is 53.6 Å². The van der Waals surface area contributed by atoms with Crippen molar-refractivity contribution in [3.8, 4) is 11.3 Å². The van der Waals surface area contributed by atoms with Crippen LogP contribution in [0.15, 0.2) is 59.7 Å². The zero-order chi connectivity index (χ0) is 16.9. The minimum Gasteiger partial charge on any atom is -0.272 e. The van der Waals surface area contributed by atoms with E-state index < -0.39 is 0 Å². The van der Waals surface area contributed by atoms with Crippen LogP contribution in [0.2, 0.25) is 5.02 Å². The first-order valence-electron chi connectivity index (χ1n) is 7.33. The van der Waals surface area contributed by atoms with E-state index in [1.165, 1.54) is 5.56 Å². The van der Waals surface area contributed by atoms with Gasteiger partial charge in [-0.25, -0.2) is 5.43 Å². The highest BCUT2D eigenvalue weighted by Crippen LogP contribution is 2.20. The summed E-state index contributed by atoms with van der Waals surface area (Å²) in [7, 11) is 0. The number of aromatic nitrogens is 2. The molecule has 2 N–H and O–H groups in total. The molecule has 3 rings (SSSR count). The molecule has 1 heterocycles. The van der Waals surface area contributed by atoms with Crippen molar-refractivity contribution < 1.29 is 4.79 Å². The fourth-order valence-electron chi connectivity index (χ4n) is 2.08. The van der Waals surface area contributed by atoms with Crippen LogP contribution in [-0.2, 0) is 0 Å². The predicted molar refractivity (Wildman–Crippen MR) is 95.3 cm³/mol. The summed E-state index contributed by atoms with van der Waals surface area (Å²) >= 11 is 5.86. The Morgan fingerprint density at radius 1 is 1.17 bits per heavy atom. The van der Waals surface area contributed by atoms with Crippen molar-refractivity contribution in [1.29, 1.82) is 0 Å². The minimum atomic E-state index is -0.355. The number of hydrazone groups is 1. The van der Waals surface area contributed by atoms with Crippen molar-refractivity contribution in [1.82, 2.24) is 15.6 Å². The number of nitrogens with zero attached hydrogens (tertiary/aromatic N) is 2. The highest BCUT2D eigenvalue weighted by molar-refractivity contribution is 6.30. The van der Waals surface area contributed by atoms with E-state index in [1.807, 2.05) is 43.3 Å². The molecule has 0 spiro atoms. The molecule has 0 aliphatic carbocycles. The topological polar surface area (TPSA) is 70.1 Å². The first-order chi connectivity index (χ1) is 11.6. The maximum absolute atomic E-state index is 12.1. The standard InChI is InChI=1S/C18H15ClN4O/c1-12-2-4-13(5-3-12)11-20-23-18(24)17-10-16(21-22-17)14-6-8-15(19)9-7-14/h2-11H,1H3,(H,21,22)(H,23,24)/b20-11-. The Bertz CT molecular complexity index is 867. The number of carbonyl (C=O) groups is 1. The number of aryl methyl sites for hydroxylation is 1. The highest BCUT2D eigenvalue weighted by atomic mass is 35.5. The van der Waals surface area contributed by atoms with Crippen LogP contribution in [0.4, 0.5) is 0 Å². The summed E-state index contributed by atoms with van der Waals surface area (Å²) < 4.78 is 0. The van der Waals surface area contributed by atoms with Crippen LogP contribution in [0.25, 0.3) is 11.3 Å². The average Bonchev–Trinajstić information content (AvgIpc) is 3.07. The molecule has 3 aromatic rings. The molecule has 5 nitrogen and oxygen atoms in total. The summed E-state index contributed by atoms with van der Waals surface area (Å²) in [5, 5.41) is 11.4. The van der Waals surface area contributed by atoms with Gasteiger partial charge in [-0.15, -0.1) is 0 Å². The minimum absolute atomic E-state index is 0.334. The first kappa shape index (κ1) is 16.0. The first-order valence-corrected chi connectivity index (χ1v) is 7.71. The summed E-state index contributed by atoms with van der Waals surface area (Å²) in [5.41, 5.74) is 6.43. The van der Waals surface area contributed by atoms with Crippen LogP contribution in [-0.4, -0.2) is 22.3 Å². The Morgan fingerprint density at radius 3 is 2.58 bits per heavy atom. The number of hydrogen-bond acceptors (Lipinski definition) is 3. The van der Waals surface area contributed by atoms with Gasteiger partial charge in [0.25, 0.3) is 5.91 Å². The molecule has 0 saturated carbocycles. The van der Waals surface area contributed by atoms with Crippen molar-refractivity contribution in [3.63, 3.8) is 0 Å². The zero-order valence-electron chi connectivity index (χ0n) is 13.0. The van der Waals surface area contributed by atoms with Crippen molar-refractivity contribution in [2.75, 3.05) is 0 Å². The molecule has 2 aromatic carbocycles. The lowest BCUT2D eigenvalue weighted by Gasteiger charge is -1.97. The number of hydrogen-bond donors (Lipinski definition) is 2. The normalized spacial score (nSPS) is 10.9. The van der Waals surface area contributed by atoms with Crippen LogP contribution in [0.3, 0.4) is 0 Å². The average molecular weight is 339 g/mol. The number of H-pyrrole nitrogens is 1. The van der Waals surface area contributed by atoms with Gasteiger partial charge in [-0.2, -0.15) is 10.2 Å². The molecule has 1 aromatic heterocycles. The second-order valence-electron chi connectivity index (χ2n) is 5.28. The number of amides is 1. The molecule has 0 fully saturated rings. The predicted octanol–water partition coefficient (Wildman–Crippen LogP) is 3.80. The molecule has 0 aliphatic heterocycles. The summed E-state index contributed by atoms with van der Waals surface area (Å²) in [6.07, 6.45) is 1.59. The summed E-state index contributed by atoms with van der Waals surface area (Å²) in [6.45, 7) is 2.01. The number of aromatic amines is 1. The van der Waals surface area contributed by atoms with Crippen LogP contribution in [0.5, 0.6) is 0 Å². The number of benzene rings is 2. The van der Waals surface area contributed by atoms with Crippen molar-refractivity contribution >= 4 is 23.7 Å². The Balaban J connectivity index is 1.65. The van der Waals surface area contributed by atoms with Crippen LogP contribution >= 0.6 is 11.6 Å². The highest BCUT2D eigenvalue weighted by Gasteiger charge is 2.10. The lowest BCUT2D eigenvalue weighted by molar-refractivity contribution is 0.0950. The SMILES string of the molecule is Cc1ccc(/C=N\NC(=O)c2cc(-c3ccc(Cl)cc3)n[nH]2)cc1. The van der Waals surface area contributed by atoms with Crippen LogP contribution < -0.4 is 5.43 Å². The molecule has 0 aliphatic rings. The van der Waals surface area contributed by atoms with E-state index >= 15 is 0 Å². The van der Waals surface area contributed by atoms with Crippen molar-refractivity contribution in [3.05, 3.63) is 76.4 Å². The molecule has 0 atom stereocenters. The second-order valence-corrected chi connectivity index (χ2v) is 5.72. The van der Waals surface area contributed by atoms with E-state index in [0.717, 1.165) is 11.1 Å². The molecule has 6 heteroatoms. The van der Waals surface area contributed by atoms with E-state index in [2.05, 4.69) is 20.7 Å². The van der Waals surface area contributed by atoms with Gasteiger partial charge in [0.1, 0.15) is 5.69 Å². The molecule has 120 valence electrons. The van der Waals surface area contributed by atoms with Gasteiger partial charge in [0, 0.05) is 10.6 Å². The van der Waals surface area contributed by atoms with E-state index in [-0.39, 0.29) is 5.91 Å². The van der Waals surface area contributed by atoms with Crippen molar-refractivity contribution in [2.45, 2.75) is 6.92 Å².